The van der Waals surface area contributed by atoms with Crippen LogP contribution in [-0.4, -0.2) is 29.0 Å². The number of anilines is 3. The Morgan fingerprint density at radius 2 is 1.85 bits per heavy atom. The Morgan fingerprint density at radius 3 is 2.47 bits per heavy atom. The van der Waals surface area contributed by atoms with Crippen molar-refractivity contribution >= 4 is 34.7 Å². The molecule has 180 valence electrons. The molecule has 0 aliphatic heterocycles. The number of hydrogen-bond acceptors (Lipinski definition) is 5. The summed E-state index contributed by atoms with van der Waals surface area (Å²) in [6.07, 6.45) is -1.53. The largest absolute Gasteiger partial charge is 0.416 e. The van der Waals surface area contributed by atoms with Gasteiger partial charge in [-0.1, -0.05) is 23.7 Å². The van der Waals surface area contributed by atoms with Gasteiger partial charge in [0, 0.05) is 30.0 Å². The number of aromatic nitrogens is 2. The molecule has 0 spiro atoms. The molecule has 0 radical (unpaired) electrons. The molecule has 0 aliphatic rings. The molecule has 10 heteroatoms. The lowest BCUT2D eigenvalue weighted by molar-refractivity contribution is -0.137. The molecule has 0 aliphatic carbocycles. The summed E-state index contributed by atoms with van der Waals surface area (Å²) in [7, 11) is 0. The van der Waals surface area contributed by atoms with Crippen molar-refractivity contribution in [3.05, 3.63) is 76.7 Å². The minimum Gasteiger partial charge on any atom is -0.399 e. The molecule has 3 aromatic rings. The monoisotopic (exact) mass is 491 g/mol. The molecule has 0 bridgehead atoms. The predicted molar refractivity (Wildman–Crippen MR) is 128 cm³/mol. The van der Waals surface area contributed by atoms with Crippen molar-refractivity contribution < 1.29 is 18.0 Å². The van der Waals surface area contributed by atoms with Crippen molar-refractivity contribution in [2.45, 2.75) is 33.0 Å². The second-order valence-electron chi connectivity index (χ2n) is 7.65. The molecule has 0 fully saturated rings. The zero-order valence-electron chi connectivity index (χ0n) is 19.0. The number of alkyl halides is 3. The Bertz CT molecular complexity index is 1170. The number of nitrogens with zero attached hydrogens (tertiary/aromatic N) is 4. The highest BCUT2D eigenvalue weighted by molar-refractivity contribution is 6.29. The predicted octanol–water partition coefficient (Wildman–Crippen LogP) is 5.99. The maximum absolute atomic E-state index is 13.2. The Hall–Kier alpha value is -3.33. The fourth-order valence-electron chi connectivity index (χ4n) is 3.78. The van der Waals surface area contributed by atoms with Gasteiger partial charge in [0.25, 0.3) is 5.91 Å². The van der Waals surface area contributed by atoms with Crippen molar-refractivity contribution in [1.82, 2.24) is 9.97 Å². The van der Waals surface area contributed by atoms with E-state index in [0.717, 1.165) is 17.7 Å². The van der Waals surface area contributed by atoms with Crippen molar-refractivity contribution in [2.24, 2.45) is 0 Å². The van der Waals surface area contributed by atoms with E-state index in [2.05, 4.69) is 9.97 Å². The number of halogens is 4. The van der Waals surface area contributed by atoms with Gasteiger partial charge < -0.3 is 15.5 Å². The minimum atomic E-state index is -4.61. The highest BCUT2D eigenvalue weighted by Gasteiger charge is 2.32. The van der Waals surface area contributed by atoms with Crippen LogP contribution in [0.2, 0.25) is 5.15 Å². The second-order valence-corrected chi connectivity index (χ2v) is 8.04. The van der Waals surface area contributed by atoms with E-state index < -0.39 is 17.6 Å². The summed E-state index contributed by atoms with van der Waals surface area (Å²) < 4.78 is 39.7. The van der Waals surface area contributed by atoms with Gasteiger partial charge >= 0.3 is 6.18 Å². The van der Waals surface area contributed by atoms with Gasteiger partial charge in [-0.15, -0.1) is 0 Å². The first-order valence-corrected chi connectivity index (χ1v) is 11.1. The van der Waals surface area contributed by atoms with Crippen LogP contribution in [-0.2, 0) is 6.18 Å². The summed E-state index contributed by atoms with van der Waals surface area (Å²) in [5.74, 6) is 0.0360. The number of rotatable bonds is 7. The van der Waals surface area contributed by atoms with E-state index in [4.69, 9.17) is 17.3 Å². The Kier molecular flexibility index (Phi) is 7.66. The molecule has 2 aromatic carbocycles. The van der Waals surface area contributed by atoms with Crippen molar-refractivity contribution in [1.29, 1.82) is 0 Å². The summed E-state index contributed by atoms with van der Waals surface area (Å²) in [5, 5.41) is 0.278. The first kappa shape index (κ1) is 25.3. The molecule has 3 rings (SSSR count). The molecule has 1 aromatic heterocycles. The van der Waals surface area contributed by atoms with Crippen molar-refractivity contribution in [2.75, 3.05) is 28.6 Å². The van der Waals surface area contributed by atoms with Crippen LogP contribution in [0.4, 0.5) is 30.4 Å². The SMILES string of the molecule is CCN(C(=O)c1cc(N)cc(C(F)(F)F)c1)c1cccc(C(C)N(CC)c2cncc(Cl)n2)c1. The maximum Gasteiger partial charge on any atom is 0.416 e. The van der Waals surface area contributed by atoms with E-state index in [1.165, 1.54) is 17.2 Å². The van der Waals surface area contributed by atoms with E-state index in [-0.39, 0.29) is 29.0 Å². The summed E-state index contributed by atoms with van der Waals surface area (Å²) in [4.78, 5) is 25.0. The summed E-state index contributed by atoms with van der Waals surface area (Å²) in [5.41, 5.74) is 5.88. The second kappa shape index (κ2) is 10.3. The number of amides is 1. The Balaban J connectivity index is 1.94. The summed E-state index contributed by atoms with van der Waals surface area (Å²) in [6, 6.07) is 10.0. The first-order chi connectivity index (χ1) is 16.0. The number of nitrogens with two attached hydrogens (primary N) is 1. The molecule has 6 nitrogen and oxygen atoms in total. The van der Waals surface area contributed by atoms with E-state index >= 15 is 0 Å². The van der Waals surface area contributed by atoms with Crippen LogP contribution in [0.15, 0.2) is 54.9 Å². The van der Waals surface area contributed by atoms with Crippen LogP contribution in [0, 0.1) is 0 Å². The maximum atomic E-state index is 13.2. The number of benzene rings is 2. The normalized spacial score (nSPS) is 12.3. The molecule has 1 heterocycles. The lowest BCUT2D eigenvalue weighted by Crippen LogP contribution is -2.31. The van der Waals surface area contributed by atoms with Gasteiger partial charge in [-0.25, -0.2) is 4.98 Å². The molecular weight excluding hydrogens is 467 g/mol. The van der Waals surface area contributed by atoms with Crippen molar-refractivity contribution in [3.63, 3.8) is 0 Å². The number of nitrogen functional groups attached to an aromatic ring is 1. The van der Waals surface area contributed by atoms with Gasteiger partial charge in [-0.2, -0.15) is 13.2 Å². The van der Waals surface area contributed by atoms with Crippen LogP contribution in [0.25, 0.3) is 0 Å². The number of carbonyl (C=O) groups is 1. The molecule has 0 saturated carbocycles. The van der Waals surface area contributed by atoms with Gasteiger partial charge in [-0.05, 0) is 56.7 Å². The Morgan fingerprint density at radius 1 is 1.12 bits per heavy atom. The van der Waals surface area contributed by atoms with Gasteiger partial charge in [0.15, 0.2) is 0 Å². The van der Waals surface area contributed by atoms with E-state index in [9.17, 15) is 18.0 Å². The molecular formula is C24H25ClF3N5O. The van der Waals surface area contributed by atoms with Crippen LogP contribution in [0.3, 0.4) is 0 Å². The first-order valence-electron chi connectivity index (χ1n) is 10.7. The van der Waals surface area contributed by atoms with Crippen LogP contribution < -0.4 is 15.5 Å². The Labute approximate surface area is 201 Å². The van der Waals surface area contributed by atoms with E-state index in [0.29, 0.717) is 18.1 Å². The van der Waals surface area contributed by atoms with Gasteiger partial charge in [0.2, 0.25) is 0 Å². The molecule has 0 saturated heterocycles. The summed E-state index contributed by atoms with van der Waals surface area (Å²) >= 11 is 6.00. The lowest BCUT2D eigenvalue weighted by atomic mass is 10.0. The molecule has 1 amide bonds. The van der Waals surface area contributed by atoms with Crippen LogP contribution in [0.1, 0.15) is 48.3 Å². The highest BCUT2D eigenvalue weighted by Crippen LogP contribution is 2.33. The van der Waals surface area contributed by atoms with E-state index in [1.54, 1.807) is 25.3 Å². The molecule has 34 heavy (non-hydrogen) atoms. The highest BCUT2D eigenvalue weighted by atomic mass is 35.5. The zero-order valence-corrected chi connectivity index (χ0v) is 19.7. The zero-order chi connectivity index (χ0) is 25.0. The fraction of sp³-hybridized carbons (Fsp3) is 0.292. The fourth-order valence-corrected chi connectivity index (χ4v) is 3.92. The molecule has 1 unspecified atom stereocenters. The summed E-state index contributed by atoms with van der Waals surface area (Å²) in [6.45, 7) is 6.59. The average Bonchev–Trinajstić information content (AvgIpc) is 2.79. The quantitative estimate of drug-likeness (QED) is 0.411. The van der Waals surface area contributed by atoms with Crippen LogP contribution in [0.5, 0.6) is 0 Å². The van der Waals surface area contributed by atoms with E-state index in [1.807, 2.05) is 30.9 Å². The van der Waals surface area contributed by atoms with Gasteiger partial charge in [0.1, 0.15) is 11.0 Å². The minimum absolute atomic E-state index is 0.127. The standard InChI is InChI=1S/C24H25ClF3N5O/c1-4-32(22-14-30-13-21(25)31-22)15(3)16-7-6-8-20(11-16)33(5-2)23(34)17-9-18(24(26,27)28)12-19(29)10-17/h6-15H,4-5,29H2,1-3H3. The van der Waals surface area contributed by atoms with Gasteiger partial charge in [0.05, 0.1) is 24.0 Å². The van der Waals surface area contributed by atoms with Gasteiger partial charge in [-0.3, -0.25) is 9.78 Å². The third kappa shape index (κ3) is 5.59. The van der Waals surface area contributed by atoms with Crippen LogP contribution >= 0.6 is 11.6 Å². The lowest BCUT2D eigenvalue weighted by Gasteiger charge is -2.30. The average molecular weight is 492 g/mol. The van der Waals surface area contributed by atoms with Crippen molar-refractivity contribution in [3.8, 4) is 0 Å². The molecule has 2 N–H and O–H groups in total. The molecule has 1 atom stereocenters. The number of hydrogen-bond donors (Lipinski definition) is 1. The third-order valence-corrected chi connectivity index (χ3v) is 5.63. The third-order valence-electron chi connectivity index (χ3n) is 5.45. The smallest absolute Gasteiger partial charge is 0.399 e. The number of carbonyl (C=O) groups excluding carboxylic acids is 1. The topological polar surface area (TPSA) is 75.3 Å².